The van der Waals surface area contributed by atoms with Crippen LogP contribution >= 0.6 is 27.7 Å². The molecule has 0 radical (unpaired) electrons. The van der Waals surface area contributed by atoms with Crippen molar-refractivity contribution in [3.63, 3.8) is 0 Å². The van der Waals surface area contributed by atoms with E-state index < -0.39 is 5.54 Å². The summed E-state index contributed by atoms with van der Waals surface area (Å²) in [7, 11) is 0. The number of nitrogens with one attached hydrogen (secondary N) is 1. The number of hydrogen-bond donors (Lipinski definition) is 1. The van der Waals surface area contributed by atoms with Crippen LogP contribution < -0.4 is 5.32 Å². The van der Waals surface area contributed by atoms with E-state index in [0.717, 1.165) is 41.1 Å². The van der Waals surface area contributed by atoms with Crippen molar-refractivity contribution in [1.82, 2.24) is 10.3 Å². The fourth-order valence-electron chi connectivity index (χ4n) is 2.06. The maximum atomic E-state index is 9.60. The minimum Gasteiger partial charge on any atom is -0.298 e. The van der Waals surface area contributed by atoms with Gasteiger partial charge in [-0.1, -0.05) is 6.92 Å². The van der Waals surface area contributed by atoms with Crippen LogP contribution in [0.1, 0.15) is 26.2 Å². The molecule has 19 heavy (non-hydrogen) atoms. The average molecular weight is 340 g/mol. The van der Waals surface area contributed by atoms with Crippen LogP contribution in [0.15, 0.2) is 27.8 Å². The molecule has 1 aliphatic carbocycles. The Morgan fingerprint density at radius 3 is 3.00 bits per heavy atom. The van der Waals surface area contributed by atoms with Gasteiger partial charge < -0.3 is 0 Å². The Balaban J connectivity index is 2.04. The lowest BCUT2D eigenvalue weighted by atomic mass is 9.97. The van der Waals surface area contributed by atoms with Crippen molar-refractivity contribution in [3.8, 4) is 6.07 Å². The Kier molecular flexibility index (Phi) is 5.26. The molecule has 102 valence electrons. The maximum absolute atomic E-state index is 9.60. The Labute approximate surface area is 127 Å². The summed E-state index contributed by atoms with van der Waals surface area (Å²) in [4.78, 5) is 4.35. The van der Waals surface area contributed by atoms with Crippen LogP contribution in [0.4, 0.5) is 0 Å². The number of rotatable bonds is 7. The molecule has 0 bridgehead atoms. The minimum absolute atomic E-state index is 0.391. The Hall–Kier alpha value is -0.570. The highest BCUT2D eigenvalue weighted by Gasteiger charge is 2.45. The quantitative estimate of drug-likeness (QED) is 0.771. The molecule has 1 aromatic heterocycles. The second-order valence-electron chi connectivity index (χ2n) is 4.86. The van der Waals surface area contributed by atoms with E-state index in [1.807, 2.05) is 12.1 Å². The topological polar surface area (TPSA) is 48.7 Å². The first-order chi connectivity index (χ1) is 9.22. The summed E-state index contributed by atoms with van der Waals surface area (Å²) in [6, 6.07) is 6.42. The van der Waals surface area contributed by atoms with Gasteiger partial charge in [-0.3, -0.25) is 5.32 Å². The zero-order valence-electron chi connectivity index (χ0n) is 11.0. The molecule has 2 rings (SSSR count). The van der Waals surface area contributed by atoms with Crippen molar-refractivity contribution in [1.29, 1.82) is 5.26 Å². The first-order valence-corrected chi connectivity index (χ1v) is 8.39. The van der Waals surface area contributed by atoms with E-state index in [2.05, 4.69) is 39.2 Å². The van der Waals surface area contributed by atoms with Crippen LogP contribution in [-0.2, 0) is 0 Å². The number of pyridine rings is 1. The van der Waals surface area contributed by atoms with Gasteiger partial charge in [-0.05, 0) is 59.8 Å². The normalized spacial score (nSPS) is 17.7. The second-order valence-corrected chi connectivity index (χ2v) is 6.68. The molecule has 0 aliphatic heterocycles. The van der Waals surface area contributed by atoms with Gasteiger partial charge in [0.15, 0.2) is 0 Å². The van der Waals surface area contributed by atoms with Gasteiger partial charge in [-0.25, -0.2) is 4.98 Å². The summed E-state index contributed by atoms with van der Waals surface area (Å²) in [5.41, 5.74) is -0.391. The molecular formula is C14H18BrN3S. The second kappa shape index (κ2) is 6.74. The highest BCUT2D eigenvalue weighted by molar-refractivity contribution is 9.10. The van der Waals surface area contributed by atoms with E-state index >= 15 is 0 Å². The van der Waals surface area contributed by atoms with Crippen molar-refractivity contribution in [2.24, 2.45) is 5.92 Å². The lowest BCUT2D eigenvalue weighted by Crippen LogP contribution is -2.48. The number of nitriles is 1. The molecule has 0 saturated heterocycles. The Bertz CT molecular complexity index is 470. The molecule has 0 amide bonds. The number of halogens is 1. The molecule has 0 spiro atoms. The monoisotopic (exact) mass is 339 g/mol. The summed E-state index contributed by atoms with van der Waals surface area (Å²) in [6.45, 7) is 3.03. The van der Waals surface area contributed by atoms with Crippen molar-refractivity contribution in [2.75, 3.05) is 12.3 Å². The molecule has 1 unspecified atom stereocenters. The fraction of sp³-hybridized carbons (Fsp3) is 0.571. The molecule has 1 heterocycles. The summed E-state index contributed by atoms with van der Waals surface area (Å²) < 4.78 is 0.998. The highest BCUT2D eigenvalue weighted by atomic mass is 79.9. The predicted octanol–water partition coefficient (Wildman–Crippen LogP) is 3.61. The van der Waals surface area contributed by atoms with E-state index in [0.29, 0.717) is 5.92 Å². The standard InChI is InChI=1S/C14H18BrN3S/c1-2-7-18-14(9-16,11-5-6-11)10-19-13-12(15)4-3-8-17-13/h3-4,8,11,18H,2,5-7,10H2,1H3. The molecule has 1 fully saturated rings. The van der Waals surface area contributed by atoms with Crippen LogP contribution in [0.25, 0.3) is 0 Å². The van der Waals surface area contributed by atoms with Crippen LogP contribution in [0.5, 0.6) is 0 Å². The smallest absolute Gasteiger partial charge is 0.119 e. The number of aromatic nitrogens is 1. The first-order valence-electron chi connectivity index (χ1n) is 6.61. The molecule has 3 nitrogen and oxygen atoms in total. The van der Waals surface area contributed by atoms with Gasteiger partial charge in [0.2, 0.25) is 0 Å². The zero-order chi connectivity index (χ0) is 13.7. The summed E-state index contributed by atoms with van der Waals surface area (Å²) in [6.07, 6.45) is 5.16. The largest absolute Gasteiger partial charge is 0.298 e. The summed E-state index contributed by atoms with van der Waals surface area (Å²) in [5, 5.41) is 14.0. The lowest BCUT2D eigenvalue weighted by Gasteiger charge is -2.27. The van der Waals surface area contributed by atoms with Crippen LogP contribution in [0.3, 0.4) is 0 Å². The molecule has 0 aromatic carbocycles. The summed E-state index contributed by atoms with van der Waals surface area (Å²) in [5.74, 6) is 1.25. The van der Waals surface area contributed by atoms with E-state index in [9.17, 15) is 5.26 Å². The molecule has 1 aliphatic rings. The summed E-state index contributed by atoms with van der Waals surface area (Å²) >= 11 is 5.16. The van der Waals surface area contributed by atoms with E-state index in [1.54, 1.807) is 18.0 Å². The SMILES string of the molecule is CCCNC(C#N)(CSc1ncccc1Br)C1CC1. The van der Waals surface area contributed by atoms with Gasteiger partial charge in [0.1, 0.15) is 10.6 Å². The van der Waals surface area contributed by atoms with Crippen molar-refractivity contribution >= 4 is 27.7 Å². The van der Waals surface area contributed by atoms with Crippen LogP contribution in [0, 0.1) is 17.2 Å². The third-order valence-electron chi connectivity index (χ3n) is 3.33. The third kappa shape index (κ3) is 3.71. The van der Waals surface area contributed by atoms with E-state index in [1.165, 1.54) is 0 Å². The van der Waals surface area contributed by atoms with Gasteiger partial charge in [0.25, 0.3) is 0 Å². The average Bonchev–Trinajstić information content (AvgIpc) is 3.26. The molecule has 1 atom stereocenters. The van der Waals surface area contributed by atoms with Gasteiger partial charge in [-0.2, -0.15) is 5.26 Å². The number of nitrogens with zero attached hydrogens (tertiary/aromatic N) is 2. The Morgan fingerprint density at radius 1 is 1.63 bits per heavy atom. The van der Waals surface area contributed by atoms with Gasteiger partial charge in [0, 0.05) is 16.4 Å². The van der Waals surface area contributed by atoms with Crippen LogP contribution in [-0.4, -0.2) is 22.8 Å². The molecule has 1 saturated carbocycles. The van der Waals surface area contributed by atoms with Crippen molar-refractivity contribution < 1.29 is 0 Å². The van der Waals surface area contributed by atoms with Crippen molar-refractivity contribution in [3.05, 3.63) is 22.8 Å². The molecule has 1 N–H and O–H groups in total. The zero-order valence-corrected chi connectivity index (χ0v) is 13.4. The van der Waals surface area contributed by atoms with Crippen molar-refractivity contribution in [2.45, 2.75) is 36.8 Å². The highest BCUT2D eigenvalue weighted by Crippen LogP contribution is 2.42. The number of hydrogen-bond acceptors (Lipinski definition) is 4. The van der Waals surface area contributed by atoms with E-state index in [-0.39, 0.29) is 0 Å². The van der Waals surface area contributed by atoms with Gasteiger partial charge in [0.05, 0.1) is 6.07 Å². The first kappa shape index (κ1) is 14.8. The minimum atomic E-state index is -0.391. The lowest BCUT2D eigenvalue weighted by molar-refractivity contribution is 0.405. The molecule has 5 heteroatoms. The predicted molar refractivity (Wildman–Crippen MR) is 82.0 cm³/mol. The van der Waals surface area contributed by atoms with E-state index in [4.69, 9.17) is 0 Å². The third-order valence-corrected chi connectivity index (χ3v) is 5.43. The van der Waals surface area contributed by atoms with Gasteiger partial charge in [-0.15, -0.1) is 11.8 Å². The molecular weight excluding hydrogens is 322 g/mol. The maximum Gasteiger partial charge on any atom is 0.119 e. The molecule has 1 aromatic rings. The fourth-order valence-corrected chi connectivity index (χ4v) is 3.77. The van der Waals surface area contributed by atoms with Gasteiger partial charge >= 0.3 is 0 Å². The Morgan fingerprint density at radius 2 is 2.42 bits per heavy atom. The number of thioether (sulfide) groups is 1. The van der Waals surface area contributed by atoms with Crippen LogP contribution in [0.2, 0.25) is 0 Å².